The van der Waals surface area contributed by atoms with E-state index in [-0.39, 0.29) is 5.11 Å². The Bertz CT molecular complexity index is 856. The van der Waals surface area contributed by atoms with Gasteiger partial charge in [0.2, 0.25) is 0 Å². The molecule has 0 saturated heterocycles. The topological polar surface area (TPSA) is 95.2 Å². The number of ether oxygens (including phenoxy) is 3. The third-order valence-electron chi connectivity index (χ3n) is 3.24. The second-order valence-corrected chi connectivity index (χ2v) is 6.72. The molecule has 2 rings (SSSR count). The number of benzene rings is 2. The Balaban J connectivity index is 2.27. The third-order valence-corrected chi connectivity index (χ3v) is 4.13. The number of rotatable bonds is 7. The van der Waals surface area contributed by atoms with Gasteiger partial charge in [-0.15, -0.1) is 0 Å². The van der Waals surface area contributed by atoms with Crippen molar-refractivity contribution in [3.63, 3.8) is 0 Å². The molecule has 142 valence electrons. The monoisotopic (exact) mass is 499 g/mol. The fourth-order valence-electron chi connectivity index (χ4n) is 2.07. The first-order valence-electron chi connectivity index (χ1n) is 7.85. The Morgan fingerprint density at radius 2 is 2.04 bits per heavy atom. The lowest BCUT2D eigenvalue weighted by Gasteiger charge is -2.13. The Labute approximate surface area is 176 Å². The maximum atomic E-state index is 12.5. The maximum absolute atomic E-state index is 12.5. The molecule has 9 heteroatoms. The third kappa shape index (κ3) is 6.07. The lowest BCUT2D eigenvalue weighted by Crippen LogP contribution is -2.24. The van der Waals surface area contributed by atoms with E-state index in [0.717, 1.165) is 5.56 Å². The lowest BCUT2D eigenvalue weighted by atomic mass is 10.2. The minimum Gasteiger partial charge on any atom is -0.497 e. The van der Waals surface area contributed by atoms with E-state index in [1.807, 2.05) is 6.92 Å². The SMILES string of the molecule is CCOc1cc(/C=N/NC(N)=S)cc(I)c1OC(=O)c1ccc(OC)cc1. The van der Waals surface area contributed by atoms with E-state index in [2.05, 4.69) is 33.1 Å². The highest BCUT2D eigenvalue weighted by atomic mass is 127. The number of carbonyl (C=O) groups is 1. The lowest BCUT2D eigenvalue weighted by molar-refractivity contribution is 0.0727. The molecule has 27 heavy (non-hydrogen) atoms. The molecule has 0 amide bonds. The van der Waals surface area contributed by atoms with Gasteiger partial charge < -0.3 is 19.9 Å². The number of methoxy groups -OCH3 is 1. The number of hydrogen-bond donors (Lipinski definition) is 2. The van der Waals surface area contributed by atoms with Gasteiger partial charge in [0, 0.05) is 0 Å². The number of esters is 1. The van der Waals surface area contributed by atoms with Gasteiger partial charge in [0.1, 0.15) is 5.75 Å². The zero-order chi connectivity index (χ0) is 19.8. The zero-order valence-electron chi connectivity index (χ0n) is 14.7. The summed E-state index contributed by atoms with van der Waals surface area (Å²) in [7, 11) is 1.56. The van der Waals surface area contributed by atoms with E-state index in [1.54, 1.807) is 49.7 Å². The molecule has 0 bridgehead atoms. The summed E-state index contributed by atoms with van der Waals surface area (Å²) in [6, 6.07) is 10.2. The molecular weight excluding hydrogens is 481 g/mol. The van der Waals surface area contributed by atoms with Gasteiger partial charge >= 0.3 is 5.97 Å². The predicted octanol–water partition coefficient (Wildman–Crippen LogP) is 3.08. The summed E-state index contributed by atoms with van der Waals surface area (Å²) in [5.41, 5.74) is 8.95. The van der Waals surface area contributed by atoms with Crippen LogP contribution in [0.15, 0.2) is 41.5 Å². The quantitative estimate of drug-likeness (QED) is 0.151. The summed E-state index contributed by atoms with van der Waals surface area (Å²) in [6.45, 7) is 2.26. The van der Waals surface area contributed by atoms with Crippen molar-refractivity contribution in [1.82, 2.24) is 5.43 Å². The van der Waals surface area contributed by atoms with Gasteiger partial charge in [0.25, 0.3) is 0 Å². The van der Waals surface area contributed by atoms with Crippen molar-refractivity contribution in [2.24, 2.45) is 10.8 Å². The number of hydrazone groups is 1. The zero-order valence-corrected chi connectivity index (χ0v) is 17.7. The summed E-state index contributed by atoms with van der Waals surface area (Å²) in [6.07, 6.45) is 1.54. The fraction of sp³-hybridized carbons (Fsp3) is 0.167. The largest absolute Gasteiger partial charge is 0.497 e. The van der Waals surface area contributed by atoms with E-state index in [0.29, 0.717) is 33.0 Å². The van der Waals surface area contributed by atoms with Crippen molar-refractivity contribution >= 4 is 52.1 Å². The predicted molar refractivity (Wildman–Crippen MR) is 116 cm³/mol. The Kier molecular flexibility index (Phi) is 7.80. The van der Waals surface area contributed by atoms with Crippen LogP contribution in [0.1, 0.15) is 22.8 Å². The summed E-state index contributed by atoms with van der Waals surface area (Å²) >= 11 is 6.77. The van der Waals surface area contributed by atoms with Crippen molar-refractivity contribution in [1.29, 1.82) is 0 Å². The fourth-order valence-corrected chi connectivity index (χ4v) is 2.86. The second-order valence-electron chi connectivity index (χ2n) is 5.12. The van der Waals surface area contributed by atoms with Crippen molar-refractivity contribution in [2.45, 2.75) is 6.92 Å². The summed E-state index contributed by atoms with van der Waals surface area (Å²) < 4.78 is 17.0. The number of nitrogens with zero attached hydrogens (tertiary/aromatic N) is 1. The first-order valence-corrected chi connectivity index (χ1v) is 9.34. The minimum absolute atomic E-state index is 0.0658. The number of nitrogens with two attached hydrogens (primary N) is 1. The number of halogens is 1. The van der Waals surface area contributed by atoms with Crippen LogP contribution in [0.5, 0.6) is 17.2 Å². The van der Waals surface area contributed by atoms with Crippen molar-refractivity contribution in [2.75, 3.05) is 13.7 Å². The van der Waals surface area contributed by atoms with Gasteiger partial charge in [0.05, 0.1) is 29.1 Å². The van der Waals surface area contributed by atoms with Crippen LogP contribution >= 0.6 is 34.8 Å². The molecule has 2 aromatic rings. The Morgan fingerprint density at radius 1 is 1.33 bits per heavy atom. The average Bonchev–Trinajstić information content (AvgIpc) is 2.64. The number of carbonyl (C=O) groups excluding carboxylic acids is 1. The highest BCUT2D eigenvalue weighted by Crippen LogP contribution is 2.34. The van der Waals surface area contributed by atoms with E-state index in [9.17, 15) is 4.79 Å². The van der Waals surface area contributed by atoms with Crippen LogP contribution in [0.25, 0.3) is 0 Å². The van der Waals surface area contributed by atoms with Gasteiger partial charge in [-0.25, -0.2) is 4.79 Å². The molecule has 0 spiro atoms. The first-order chi connectivity index (χ1) is 12.9. The average molecular weight is 499 g/mol. The molecule has 0 aliphatic carbocycles. The molecule has 0 fully saturated rings. The van der Waals surface area contributed by atoms with Crippen LogP contribution < -0.4 is 25.4 Å². The number of thiocarbonyl (C=S) groups is 1. The molecular formula is C18H18IN3O4S. The Morgan fingerprint density at radius 3 is 2.63 bits per heavy atom. The molecule has 0 aliphatic rings. The van der Waals surface area contributed by atoms with Gasteiger partial charge in [-0.3, -0.25) is 5.43 Å². The summed E-state index contributed by atoms with van der Waals surface area (Å²) in [4.78, 5) is 12.5. The first kappa shape index (κ1) is 20.9. The van der Waals surface area contributed by atoms with Crippen LogP contribution in [-0.4, -0.2) is 31.0 Å². The highest BCUT2D eigenvalue weighted by Gasteiger charge is 2.17. The van der Waals surface area contributed by atoms with E-state index in [4.69, 9.17) is 32.2 Å². The molecule has 0 aromatic heterocycles. The van der Waals surface area contributed by atoms with Gasteiger partial charge in [-0.1, -0.05) is 0 Å². The Hall–Kier alpha value is -2.40. The molecule has 0 atom stereocenters. The summed E-state index contributed by atoms with van der Waals surface area (Å²) in [5, 5.41) is 3.98. The van der Waals surface area contributed by atoms with Crippen molar-refractivity contribution in [3.8, 4) is 17.2 Å². The van der Waals surface area contributed by atoms with Crippen LogP contribution in [0.3, 0.4) is 0 Å². The molecule has 0 saturated carbocycles. The van der Waals surface area contributed by atoms with Crippen molar-refractivity contribution in [3.05, 3.63) is 51.1 Å². The highest BCUT2D eigenvalue weighted by molar-refractivity contribution is 14.1. The molecule has 0 radical (unpaired) electrons. The van der Waals surface area contributed by atoms with Crippen molar-refractivity contribution < 1.29 is 19.0 Å². The molecule has 3 N–H and O–H groups in total. The van der Waals surface area contributed by atoms with E-state index in [1.165, 1.54) is 0 Å². The number of nitrogens with one attached hydrogen (secondary N) is 1. The maximum Gasteiger partial charge on any atom is 0.343 e. The standard InChI is InChI=1S/C18H18IN3O4S/c1-3-25-15-9-11(10-21-22-18(20)27)8-14(19)16(15)26-17(23)12-4-6-13(24-2)7-5-12/h4-10H,3H2,1-2H3,(H3,20,22,27)/b21-10+. The molecule has 0 aliphatic heterocycles. The van der Waals surface area contributed by atoms with Crippen LogP contribution in [0.2, 0.25) is 0 Å². The van der Waals surface area contributed by atoms with Gasteiger partial charge in [-0.2, -0.15) is 5.10 Å². The van der Waals surface area contributed by atoms with Gasteiger partial charge in [0.15, 0.2) is 16.6 Å². The molecule has 0 heterocycles. The summed E-state index contributed by atoms with van der Waals surface area (Å²) in [5.74, 6) is 0.944. The number of hydrogen-bond acceptors (Lipinski definition) is 6. The van der Waals surface area contributed by atoms with Crippen LogP contribution in [0.4, 0.5) is 0 Å². The molecule has 7 nitrogen and oxygen atoms in total. The smallest absolute Gasteiger partial charge is 0.343 e. The molecule has 2 aromatic carbocycles. The van der Waals surface area contributed by atoms with Gasteiger partial charge in [-0.05, 0) is 83.7 Å². The van der Waals surface area contributed by atoms with Crippen LogP contribution in [-0.2, 0) is 0 Å². The molecule has 0 unspecified atom stereocenters. The van der Waals surface area contributed by atoms with E-state index >= 15 is 0 Å². The second kappa shape index (κ2) is 10.1. The van der Waals surface area contributed by atoms with Crippen LogP contribution in [0, 0.1) is 3.57 Å². The van der Waals surface area contributed by atoms with E-state index < -0.39 is 5.97 Å². The normalized spacial score (nSPS) is 10.5. The minimum atomic E-state index is -0.493.